The Bertz CT molecular complexity index is 1230. The summed E-state index contributed by atoms with van der Waals surface area (Å²) in [5, 5.41) is 36.4. The van der Waals surface area contributed by atoms with Gasteiger partial charge in [-0.2, -0.15) is 5.10 Å². The van der Waals surface area contributed by atoms with Crippen LogP contribution in [0.4, 0.5) is 8.78 Å². The number of halogens is 2. The van der Waals surface area contributed by atoms with Crippen molar-refractivity contribution in [2.75, 3.05) is 0 Å². The number of carboxylic acids is 1. The topological polar surface area (TPSA) is 125 Å². The molecule has 1 amide bonds. The van der Waals surface area contributed by atoms with Gasteiger partial charge in [0.1, 0.15) is 11.6 Å². The van der Waals surface area contributed by atoms with Gasteiger partial charge in [-0.05, 0) is 67.1 Å². The number of nitrogens with zero attached hydrogens (tertiary/aromatic N) is 2. The molecule has 0 unspecified atom stereocenters. The molecule has 3 aromatic rings. The van der Waals surface area contributed by atoms with Crippen LogP contribution in [0, 0.1) is 11.6 Å². The van der Waals surface area contributed by atoms with Gasteiger partial charge in [0.2, 0.25) is 0 Å². The van der Waals surface area contributed by atoms with Crippen molar-refractivity contribution in [3.05, 3.63) is 82.7 Å². The summed E-state index contributed by atoms with van der Waals surface area (Å²) in [6.45, 7) is 3.88. The maximum atomic E-state index is 13.6. The summed E-state index contributed by atoms with van der Waals surface area (Å²) in [5.74, 6) is -2.62. The molecule has 11 heteroatoms. The number of carboxylic acid groups (broad SMARTS) is 1. The number of benzene rings is 2. The van der Waals surface area contributed by atoms with Crippen LogP contribution in [0.5, 0.6) is 0 Å². The van der Waals surface area contributed by atoms with Crippen molar-refractivity contribution in [1.29, 1.82) is 0 Å². The molecule has 0 saturated carbocycles. The van der Waals surface area contributed by atoms with Crippen LogP contribution in [0.1, 0.15) is 66.3 Å². The Kier molecular flexibility index (Phi) is 12.1. The van der Waals surface area contributed by atoms with Gasteiger partial charge >= 0.3 is 35.5 Å². The molecule has 0 saturated heterocycles. The van der Waals surface area contributed by atoms with Crippen molar-refractivity contribution in [1.82, 2.24) is 15.1 Å². The van der Waals surface area contributed by atoms with Crippen LogP contribution in [-0.4, -0.2) is 78.7 Å². The van der Waals surface area contributed by atoms with E-state index in [1.165, 1.54) is 41.1 Å². The van der Waals surface area contributed by atoms with E-state index in [9.17, 15) is 28.6 Å². The second kappa shape index (κ2) is 14.5. The molecule has 2 aromatic carbocycles. The molecule has 2 atom stereocenters. The van der Waals surface area contributed by atoms with Crippen molar-refractivity contribution in [2.45, 2.75) is 64.2 Å². The van der Waals surface area contributed by atoms with Gasteiger partial charge in [0.05, 0.1) is 24.3 Å². The molecule has 0 radical (unpaired) electrons. The molecule has 200 valence electrons. The van der Waals surface area contributed by atoms with Crippen molar-refractivity contribution < 1.29 is 33.7 Å². The van der Waals surface area contributed by atoms with Crippen molar-refractivity contribution in [2.24, 2.45) is 0 Å². The van der Waals surface area contributed by atoms with Crippen LogP contribution in [0.25, 0.3) is 5.69 Å². The first-order valence-electron chi connectivity index (χ1n) is 12.0. The number of aliphatic hydroxyl groups excluding tert-OH is 2. The van der Waals surface area contributed by atoms with E-state index >= 15 is 0 Å². The molecule has 38 heavy (non-hydrogen) atoms. The summed E-state index contributed by atoms with van der Waals surface area (Å²) in [4.78, 5) is 24.0. The Balaban J connectivity index is 0.00000507. The van der Waals surface area contributed by atoms with Crippen molar-refractivity contribution in [3.8, 4) is 5.69 Å². The quantitative estimate of drug-likeness (QED) is 0.262. The first-order valence-corrected chi connectivity index (χ1v) is 12.0. The number of aliphatic hydroxyl groups is 2. The average molecular weight is 540 g/mol. The third-order valence-electron chi connectivity index (χ3n) is 5.90. The average Bonchev–Trinajstić information content (AvgIpc) is 3.21. The SMILES string of the molecule is CC(C)c1c(C(=O)NCc2cccc(F)c2)nn(-c2ccc(F)cc2)c1CC[C@@H](O)C[C@@H](O)CC(=O)O.[NaH]. The minimum absolute atomic E-state index is 0. The standard InChI is InChI=1S/C27H31F2N3O5.Na.H/c1-16(2)25-23(11-10-21(33)13-22(34)14-24(35)36)32(20-8-6-18(28)7-9-20)31-26(25)27(37)30-15-17-4-3-5-19(29)12-17;;/h3-9,12,16,21-22,33-34H,10-11,13-15H2,1-2H3,(H,30,37)(H,35,36);;/t21-,22-;;/m1../s1. The van der Waals surface area contributed by atoms with Crippen LogP contribution in [0.15, 0.2) is 48.5 Å². The summed E-state index contributed by atoms with van der Waals surface area (Å²) in [7, 11) is 0. The summed E-state index contributed by atoms with van der Waals surface area (Å²) in [5.41, 5.74) is 2.53. The molecule has 8 nitrogen and oxygen atoms in total. The van der Waals surface area contributed by atoms with Crippen LogP contribution in [-0.2, 0) is 17.8 Å². The zero-order valence-corrected chi connectivity index (χ0v) is 20.7. The summed E-state index contributed by atoms with van der Waals surface area (Å²) >= 11 is 0. The number of hydrogen-bond acceptors (Lipinski definition) is 5. The zero-order valence-electron chi connectivity index (χ0n) is 20.7. The number of amides is 1. The van der Waals surface area contributed by atoms with Crippen molar-refractivity contribution in [3.63, 3.8) is 0 Å². The molecule has 0 fully saturated rings. The van der Waals surface area contributed by atoms with Crippen molar-refractivity contribution >= 4 is 41.4 Å². The fourth-order valence-electron chi connectivity index (χ4n) is 4.21. The Morgan fingerprint density at radius 1 is 1.03 bits per heavy atom. The normalized spacial score (nSPS) is 12.6. The summed E-state index contributed by atoms with van der Waals surface area (Å²) in [6.07, 6.45) is -2.34. The van der Waals surface area contributed by atoms with Gasteiger partial charge in [-0.3, -0.25) is 9.59 Å². The van der Waals surface area contributed by atoms with E-state index in [0.29, 0.717) is 22.5 Å². The summed E-state index contributed by atoms with van der Waals surface area (Å²) in [6, 6.07) is 11.5. The third-order valence-corrected chi connectivity index (χ3v) is 5.90. The molecule has 1 heterocycles. The van der Waals surface area contributed by atoms with Crippen LogP contribution >= 0.6 is 0 Å². The number of carbonyl (C=O) groups is 2. The van der Waals surface area contributed by atoms with Gasteiger partial charge in [-0.25, -0.2) is 13.5 Å². The summed E-state index contributed by atoms with van der Waals surface area (Å²) < 4.78 is 28.6. The number of carbonyl (C=O) groups excluding carboxylic acids is 1. The number of hydrogen-bond donors (Lipinski definition) is 4. The predicted octanol–water partition coefficient (Wildman–Crippen LogP) is 3.07. The fraction of sp³-hybridized carbons (Fsp3) is 0.370. The zero-order chi connectivity index (χ0) is 27.1. The molecular weight excluding hydrogens is 507 g/mol. The molecule has 0 aliphatic heterocycles. The number of aromatic nitrogens is 2. The maximum absolute atomic E-state index is 13.6. The number of rotatable bonds is 12. The van der Waals surface area contributed by atoms with Crippen LogP contribution in [0.3, 0.4) is 0 Å². The van der Waals surface area contributed by atoms with Crippen LogP contribution in [0.2, 0.25) is 0 Å². The molecular formula is C27H32F2N3NaO5. The molecule has 4 N–H and O–H groups in total. The van der Waals surface area contributed by atoms with Gasteiger partial charge < -0.3 is 20.6 Å². The minimum atomic E-state index is -1.19. The van der Waals surface area contributed by atoms with E-state index < -0.39 is 42.1 Å². The molecule has 0 bridgehead atoms. The van der Waals surface area contributed by atoms with Gasteiger partial charge in [0.15, 0.2) is 5.69 Å². The van der Waals surface area contributed by atoms with E-state index in [1.54, 1.807) is 12.1 Å². The van der Waals surface area contributed by atoms with Gasteiger partial charge in [0.25, 0.3) is 5.91 Å². The first kappa shape index (κ1) is 31.6. The second-order valence-electron chi connectivity index (χ2n) is 9.24. The third kappa shape index (κ3) is 8.71. The molecule has 3 rings (SSSR count). The van der Waals surface area contributed by atoms with E-state index in [2.05, 4.69) is 10.4 Å². The van der Waals surface area contributed by atoms with E-state index in [4.69, 9.17) is 5.11 Å². The Morgan fingerprint density at radius 2 is 1.71 bits per heavy atom. The monoisotopic (exact) mass is 539 g/mol. The fourth-order valence-corrected chi connectivity index (χ4v) is 4.21. The first-order chi connectivity index (χ1) is 17.5. The number of nitrogens with one attached hydrogen (secondary N) is 1. The van der Waals surface area contributed by atoms with Gasteiger partial charge in [-0.1, -0.05) is 26.0 Å². The van der Waals surface area contributed by atoms with Gasteiger partial charge in [0, 0.05) is 17.8 Å². The Morgan fingerprint density at radius 3 is 2.32 bits per heavy atom. The van der Waals surface area contributed by atoms with E-state index in [1.807, 2.05) is 13.8 Å². The molecule has 0 aliphatic carbocycles. The van der Waals surface area contributed by atoms with Gasteiger partial charge in [-0.15, -0.1) is 0 Å². The molecule has 0 spiro atoms. The Labute approximate surface area is 242 Å². The molecule has 0 aliphatic rings. The molecule has 1 aromatic heterocycles. The number of aliphatic carboxylic acids is 1. The van der Waals surface area contributed by atoms with E-state index in [-0.39, 0.29) is 67.0 Å². The van der Waals surface area contributed by atoms with E-state index in [0.717, 1.165) is 0 Å². The predicted molar refractivity (Wildman–Crippen MR) is 140 cm³/mol. The Hall–Kier alpha value is -2.63. The van der Waals surface area contributed by atoms with Crippen LogP contribution < -0.4 is 5.32 Å². The second-order valence-corrected chi connectivity index (χ2v) is 9.24.